The summed E-state index contributed by atoms with van der Waals surface area (Å²) >= 11 is 0. The minimum absolute atomic E-state index is 0.0170. The first kappa shape index (κ1) is 16.6. The molecule has 0 heterocycles. The number of benzene rings is 1. The third-order valence-corrected chi connectivity index (χ3v) is 4.46. The monoisotopic (exact) mass is 301 g/mol. The lowest BCUT2D eigenvalue weighted by molar-refractivity contribution is 0.185. The first-order valence-corrected chi connectivity index (χ1v) is 7.22. The molecule has 110 valence electrons. The molecule has 0 radical (unpaired) electrons. The van der Waals surface area contributed by atoms with E-state index in [1.165, 1.54) is 14.2 Å². The number of halogens is 1. The van der Waals surface area contributed by atoms with Crippen LogP contribution in [-0.4, -0.2) is 51.7 Å². The highest BCUT2D eigenvalue weighted by atomic mass is 32.2. The third kappa shape index (κ3) is 4.02. The summed E-state index contributed by atoms with van der Waals surface area (Å²) in [5, 5.41) is 8.67. The average molecular weight is 301 g/mol. The Balaban J connectivity index is 3.23. The second-order valence-electron chi connectivity index (χ2n) is 3.92. The molecule has 1 rings (SSSR count). The molecule has 0 aliphatic rings. The van der Waals surface area contributed by atoms with E-state index in [4.69, 9.17) is 9.84 Å². The van der Waals surface area contributed by atoms with Crippen molar-refractivity contribution in [1.29, 1.82) is 0 Å². The van der Waals surface area contributed by atoms with Gasteiger partial charge in [0, 0.05) is 26.3 Å². The van der Waals surface area contributed by atoms with Crippen LogP contribution in [0.2, 0.25) is 0 Å². The molecule has 0 saturated carbocycles. The summed E-state index contributed by atoms with van der Waals surface area (Å²) < 4.78 is 43.8. The summed E-state index contributed by atoms with van der Waals surface area (Å²) in [7, 11) is -0.914. The smallest absolute Gasteiger partial charge is 0.244 e. The molecule has 20 heavy (non-hydrogen) atoms. The van der Waals surface area contributed by atoms with E-state index in [2.05, 4.69) is 11.8 Å². The molecule has 1 aromatic rings. The van der Waals surface area contributed by atoms with Crippen molar-refractivity contribution >= 4 is 10.0 Å². The highest BCUT2D eigenvalue weighted by Crippen LogP contribution is 2.19. The Hall–Kier alpha value is -1.46. The average Bonchev–Trinajstić information content (AvgIpc) is 2.42. The maximum Gasteiger partial charge on any atom is 0.244 e. The molecule has 0 unspecified atom stereocenters. The number of sulfonamides is 1. The Morgan fingerprint density at radius 2 is 2.15 bits per heavy atom. The van der Waals surface area contributed by atoms with Crippen molar-refractivity contribution < 1.29 is 22.7 Å². The molecule has 0 aliphatic heterocycles. The molecule has 7 heteroatoms. The molecule has 0 fully saturated rings. The van der Waals surface area contributed by atoms with Crippen LogP contribution in [0.1, 0.15) is 5.56 Å². The van der Waals surface area contributed by atoms with Crippen LogP contribution in [0.15, 0.2) is 23.1 Å². The van der Waals surface area contributed by atoms with Crippen molar-refractivity contribution in [2.45, 2.75) is 4.90 Å². The lowest BCUT2D eigenvalue weighted by atomic mass is 10.2. The molecular formula is C13H16FNO4S. The first-order valence-electron chi connectivity index (χ1n) is 5.78. The van der Waals surface area contributed by atoms with Crippen molar-refractivity contribution in [3.63, 3.8) is 0 Å². The van der Waals surface area contributed by atoms with Crippen LogP contribution >= 0.6 is 0 Å². The van der Waals surface area contributed by atoms with E-state index < -0.39 is 22.4 Å². The molecule has 0 atom stereocenters. The number of ether oxygens (including phenoxy) is 1. The maximum absolute atomic E-state index is 13.2. The summed E-state index contributed by atoms with van der Waals surface area (Å²) in [6.45, 7) is -0.0207. The summed E-state index contributed by atoms with van der Waals surface area (Å²) in [5.74, 6) is 4.17. The van der Waals surface area contributed by atoms with Crippen LogP contribution in [0.25, 0.3) is 0 Å². The zero-order valence-corrected chi connectivity index (χ0v) is 12.1. The standard InChI is InChI=1S/C13H16FNO4S/c1-15(7-9-19-2)20(17,18)13-6-5-12(14)10-11(13)4-3-8-16/h5-6,10,16H,7-9H2,1-2H3. The minimum atomic E-state index is -3.79. The Kier molecular flexibility index (Phi) is 6.10. The zero-order chi connectivity index (χ0) is 15.2. The van der Waals surface area contributed by atoms with Crippen molar-refractivity contribution in [2.75, 3.05) is 33.9 Å². The second kappa shape index (κ2) is 7.36. The van der Waals surface area contributed by atoms with Gasteiger partial charge in [-0.2, -0.15) is 4.31 Å². The van der Waals surface area contributed by atoms with Gasteiger partial charge >= 0.3 is 0 Å². The van der Waals surface area contributed by atoms with Gasteiger partial charge in [-0.15, -0.1) is 0 Å². The van der Waals surface area contributed by atoms with E-state index in [0.29, 0.717) is 0 Å². The minimum Gasteiger partial charge on any atom is -0.384 e. The number of likely N-dealkylation sites (N-methyl/N-ethyl adjacent to an activating group) is 1. The van der Waals surface area contributed by atoms with Crippen LogP contribution < -0.4 is 0 Å². The third-order valence-electron chi connectivity index (χ3n) is 2.54. The lowest BCUT2D eigenvalue weighted by Crippen LogP contribution is -2.30. The van der Waals surface area contributed by atoms with E-state index in [-0.39, 0.29) is 23.6 Å². The molecule has 0 aliphatic carbocycles. The van der Waals surface area contributed by atoms with Gasteiger partial charge in [-0.25, -0.2) is 12.8 Å². The van der Waals surface area contributed by atoms with Gasteiger partial charge in [0.15, 0.2) is 0 Å². The van der Waals surface area contributed by atoms with Gasteiger partial charge in [0.1, 0.15) is 12.4 Å². The predicted molar refractivity (Wildman–Crippen MR) is 72.1 cm³/mol. The molecule has 1 N–H and O–H groups in total. The fourth-order valence-electron chi connectivity index (χ4n) is 1.47. The number of aliphatic hydroxyl groups is 1. The van der Waals surface area contributed by atoms with Gasteiger partial charge in [0.05, 0.1) is 11.5 Å². The maximum atomic E-state index is 13.2. The molecule has 0 bridgehead atoms. The highest BCUT2D eigenvalue weighted by molar-refractivity contribution is 7.89. The number of aliphatic hydroxyl groups excluding tert-OH is 1. The molecule has 5 nitrogen and oxygen atoms in total. The van der Waals surface area contributed by atoms with Crippen LogP contribution in [0.3, 0.4) is 0 Å². The van der Waals surface area contributed by atoms with Crippen molar-refractivity contribution in [1.82, 2.24) is 4.31 Å². The van der Waals surface area contributed by atoms with Gasteiger partial charge in [-0.3, -0.25) is 0 Å². The van der Waals surface area contributed by atoms with Crippen molar-refractivity contribution in [2.24, 2.45) is 0 Å². The molecule has 0 spiro atoms. The quantitative estimate of drug-likeness (QED) is 0.801. The van der Waals surface area contributed by atoms with Crippen molar-refractivity contribution in [3.05, 3.63) is 29.6 Å². The molecule has 0 amide bonds. The fraction of sp³-hybridized carbons (Fsp3) is 0.385. The summed E-state index contributed by atoms with van der Waals surface area (Å²) in [4.78, 5) is -0.0987. The van der Waals surface area contributed by atoms with Gasteiger partial charge in [0.2, 0.25) is 10.0 Å². The van der Waals surface area contributed by atoms with Crippen molar-refractivity contribution in [3.8, 4) is 11.8 Å². The van der Waals surface area contributed by atoms with Gasteiger partial charge in [-0.1, -0.05) is 11.8 Å². The molecule has 0 aromatic heterocycles. The van der Waals surface area contributed by atoms with Crippen LogP contribution in [0.4, 0.5) is 4.39 Å². The molecule has 1 aromatic carbocycles. The van der Waals surface area contributed by atoms with Crippen LogP contribution in [0, 0.1) is 17.7 Å². The van der Waals surface area contributed by atoms with Gasteiger partial charge in [0.25, 0.3) is 0 Å². The van der Waals surface area contributed by atoms with E-state index in [0.717, 1.165) is 22.5 Å². The normalized spacial score (nSPS) is 11.2. The van der Waals surface area contributed by atoms with Crippen LogP contribution in [0.5, 0.6) is 0 Å². The zero-order valence-electron chi connectivity index (χ0n) is 11.3. The summed E-state index contributed by atoms with van der Waals surface area (Å²) in [5.41, 5.74) is 0.0170. The number of hydrogen-bond donors (Lipinski definition) is 1. The predicted octanol–water partition coefficient (Wildman–Crippen LogP) is 0.436. The Morgan fingerprint density at radius 1 is 1.45 bits per heavy atom. The topological polar surface area (TPSA) is 66.8 Å². The Bertz CT molecular complexity index is 619. The summed E-state index contributed by atoms with van der Waals surface area (Å²) in [6, 6.07) is 3.25. The van der Waals surface area contributed by atoms with E-state index in [1.807, 2.05) is 0 Å². The fourth-order valence-corrected chi connectivity index (χ4v) is 2.75. The SMILES string of the molecule is COCCN(C)S(=O)(=O)c1ccc(F)cc1C#CCO. The summed E-state index contributed by atoms with van der Waals surface area (Å²) in [6.07, 6.45) is 0. The lowest BCUT2D eigenvalue weighted by Gasteiger charge is -2.17. The number of rotatable bonds is 5. The van der Waals surface area contributed by atoms with E-state index in [1.54, 1.807) is 0 Å². The number of nitrogens with zero attached hydrogens (tertiary/aromatic N) is 1. The number of methoxy groups -OCH3 is 1. The van der Waals surface area contributed by atoms with Crippen LogP contribution in [-0.2, 0) is 14.8 Å². The van der Waals surface area contributed by atoms with Gasteiger partial charge in [-0.05, 0) is 18.2 Å². The van der Waals surface area contributed by atoms with Gasteiger partial charge < -0.3 is 9.84 Å². The van der Waals surface area contributed by atoms with E-state index in [9.17, 15) is 12.8 Å². The first-order chi connectivity index (χ1) is 9.43. The Labute approximate surface area is 118 Å². The van der Waals surface area contributed by atoms with E-state index >= 15 is 0 Å². The number of hydrogen-bond acceptors (Lipinski definition) is 4. The molecule has 0 saturated heterocycles. The Morgan fingerprint density at radius 3 is 2.75 bits per heavy atom. The highest BCUT2D eigenvalue weighted by Gasteiger charge is 2.23. The largest absolute Gasteiger partial charge is 0.384 e. The second-order valence-corrected chi connectivity index (χ2v) is 5.93. The molecular weight excluding hydrogens is 285 g/mol.